The molecule has 4 heteroatoms. The summed E-state index contributed by atoms with van der Waals surface area (Å²) in [5.41, 5.74) is 6.23. The number of benzene rings is 1. The van der Waals surface area contributed by atoms with Crippen molar-refractivity contribution >= 4 is 5.97 Å². The van der Waals surface area contributed by atoms with Crippen molar-refractivity contribution in [2.45, 2.75) is 27.7 Å². The molecular weight excluding hydrogens is 228 g/mol. The van der Waals surface area contributed by atoms with E-state index in [9.17, 15) is 9.90 Å². The Balaban J connectivity index is 2.79. The maximum Gasteiger partial charge on any atom is 0.339 e. The maximum absolute atomic E-state index is 11.2. The van der Waals surface area contributed by atoms with E-state index in [1.807, 2.05) is 27.7 Å². The zero-order valence-electron chi connectivity index (χ0n) is 11.0. The summed E-state index contributed by atoms with van der Waals surface area (Å²) in [6.45, 7) is 8.07. The second-order valence-electron chi connectivity index (χ2n) is 4.60. The highest BCUT2D eigenvalue weighted by atomic mass is 16.4. The van der Waals surface area contributed by atoms with Gasteiger partial charge in [0.2, 0.25) is 0 Å². The molecule has 0 spiro atoms. The first-order chi connectivity index (χ1) is 8.43. The summed E-state index contributed by atoms with van der Waals surface area (Å²) >= 11 is 0. The van der Waals surface area contributed by atoms with Gasteiger partial charge < -0.3 is 5.11 Å². The standard InChI is InChI=1S/C14H16N2O2/c1-7-5-8(2)10(4)12(9(7)3)13-11(14(17)18)6-15-16-13/h5-6H,1-4H3,(H,15,16)(H,17,18). The van der Waals surface area contributed by atoms with Crippen molar-refractivity contribution in [2.75, 3.05) is 0 Å². The SMILES string of the molecule is Cc1cc(C)c(C)c(-c2[nH]ncc2C(=O)O)c1C. The van der Waals surface area contributed by atoms with E-state index in [0.29, 0.717) is 5.69 Å². The molecule has 0 saturated heterocycles. The molecule has 2 aromatic rings. The lowest BCUT2D eigenvalue weighted by Gasteiger charge is -2.14. The van der Waals surface area contributed by atoms with Crippen molar-refractivity contribution < 1.29 is 9.90 Å². The van der Waals surface area contributed by atoms with Crippen molar-refractivity contribution in [1.82, 2.24) is 10.2 Å². The van der Waals surface area contributed by atoms with E-state index in [-0.39, 0.29) is 5.56 Å². The Labute approximate surface area is 106 Å². The van der Waals surface area contributed by atoms with Crippen molar-refractivity contribution in [3.05, 3.63) is 40.1 Å². The number of rotatable bonds is 2. The molecule has 0 fully saturated rings. The summed E-state index contributed by atoms with van der Waals surface area (Å²) in [4.78, 5) is 11.2. The minimum atomic E-state index is -0.961. The fourth-order valence-electron chi connectivity index (χ4n) is 2.23. The summed E-state index contributed by atoms with van der Waals surface area (Å²) in [7, 11) is 0. The van der Waals surface area contributed by atoms with Gasteiger partial charge in [-0.1, -0.05) is 6.07 Å². The number of aromatic nitrogens is 2. The third-order valence-electron chi connectivity index (χ3n) is 3.49. The molecule has 0 bridgehead atoms. The minimum Gasteiger partial charge on any atom is -0.478 e. The molecule has 94 valence electrons. The van der Waals surface area contributed by atoms with Crippen molar-refractivity contribution in [3.8, 4) is 11.3 Å². The number of aromatic amines is 1. The maximum atomic E-state index is 11.2. The first kappa shape index (κ1) is 12.4. The summed E-state index contributed by atoms with van der Waals surface area (Å²) in [6.07, 6.45) is 1.36. The van der Waals surface area contributed by atoms with Crippen LogP contribution in [-0.2, 0) is 0 Å². The van der Waals surface area contributed by atoms with Gasteiger partial charge in [-0.2, -0.15) is 5.10 Å². The zero-order valence-corrected chi connectivity index (χ0v) is 11.0. The highest BCUT2D eigenvalue weighted by Crippen LogP contribution is 2.32. The fourth-order valence-corrected chi connectivity index (χ4v) is 2.23. The van der Waals surface area contributed by atoms with Gasteiger partial charge in [-0.25, -0.2) is 4.79 Å². The first-order valence-corrected chi connectivity index (χ1v) is 5.78. The third-order valence-corrected chi connectivity index (χ3v) is 3.49. The van der Waals surface area contributed by atoms with E-state index in [0.717, 1.165) is 27.8 Å². The quantitative estimate of drug-likeness (QED) is 0.853. The van der Waals surface area contributed by atoms with Crippen LogP contribution in [0.2, 0.25) is 0 Å². The molecule has 1 aromatic heterocycles. The number of hydrogen-bond acceptors (Lipinski definition) is 2. The lowest BCUT2D eigenvalue weighted by atomic mass is 9.91. The molecule has 18 heavy (non-hydrogen) atoms. The van der Waals surface area contributed by atoms with Crippen LogP contribution in [-0.4, -0.2) is 21.3 Å². The highest BCUT2D eigenvalue weighted by Gasteiger charge is 2.19. The Morgan fingerprint density at radius 1 is 1.17 bits per heavy atom. The molecule has 0 unspecified atom stereocenters. The van der Waals surface area contributed by atoms with Gasteiger partial charge in [-0.3, -0.25) is 5.10 Å². The number of nitrogens with zero attached hydrogens (tertiary/aromatic N) is 1. The Bertz CT molecular complexity index is 601. The molecule has 2 rings (SSSR count). The lowest BCUT2D eigenvalue weighted by Crippen LogP contribution is -2.01. The Kier molecular flexibility index (Phi) is 2.95. The molecule has 1 aromatic carbocycles. The number of H-pyrrole nitrogens is 1. The number of nitrogens with one attached hydrogen (secondary N) is 1. The van der Waals surface area contributed by atoms with Crippen LogP contribution < -0.4 is 0 Å². The zero-order chi connectivity index (χ0) is 13.4. The van der Waals surface area contributed by atoms with Crippen LogP contribution in [0.1, 0.15) is 32.6 Å². The van der Waals surface area contributed by atoms with Crippen LogP contribution in [0, 0.1) is 27.7 Å². The normalized spacial score (nSPS) is 10.7. The van der Waals surface area contributed by atoms with Gasteiger partial charge in [0.25, 0.3) is 0 Å². The van der Waals surface area contributed by atoms with E-state index in [2.05, 4.69) is 16.3 Å². The third kappa shape index (κ3) is 1.79. The Morgan fingerprint density at radius 3 is 2.22 bits per heavy atom. The van der Waals surface area contributed by atoms with E-state index >= 15 is 0 Å². The van der Waals surface area contributed by atoms with Crippen LogP contribution in [0.4, 0.5) is 0 Å². The van der Waals surface area contributed by atoms with Crippen LogP contribution in [0.3, 0.4) is 0 Å². The summed E-state index contributed by atoms with van der Waals surface area (Å²) < 4.78 is 0. The number of carbonyl (C=O) groups is 1. The van der Waals surface area contributed by atoms with Gasteiger partial charge in [-0.05, 0) is 49.9 Å². The van der Waals surface area contributed by atoms with Crippen molar-refractivity contribution in [3.63, 3.8) is 0 Å². The molecular formula is C14H16N2O2. The van der Waals surface area contributed by atoms with Crippen molar-refractivity contribution in [1.29, 1.82) is 0 Å². The summed E-state index contributed by atoms with van der Waals surface area (Å²) in [5.74, 6) is -0.961. The Morgan fingerprint density at radius 2 is 1.72 bits per heavy atom. The average molecular weight is 244 g/mol. The number of aryl methyl sites for hydroxylation is 2. The topological polar surface area (TPSA) is 66.0 Å². The van der Waals surface area contributed by atoms with E-state index in [1.54, 1.807) is 0 Å². The molecule has 0 saturated carbocycles. The molecule has 1 heterocycles. The van der Waals surface area contributed by atoms with Crippen LogP contribution in [0.15, 0.2) is 12.3 Å². The molecule has 2 N–H and O–H groups in total. The Hall–Kier alpha value is -2.10. The first-order valence-electron chi connectivity index (χ1n) is 5.78. The number of carboxylic acid groups (broad SMARTS) is 1. The molecule has 0 radical (unpaired) electrons. The highest BCUT2D eigenvalue weighted by molar-refractivity contribution is 5.95. The van der Waals surface area contributed by atoms with Crippen LogP contribution in [0.25, 0.3) is 11.3 Å². The van der Waals surface area contributed by atoms with Gasteiger partial charge in [0.05, 0.1) is 11.9 Å². The van der Waals surface area contributed by atoms with Gasteiger partial charge in [-0.15, -0.1) is 0 Å². The second kappa shape index (κ2) is 4.29. The molecule has 0 aliphatic heterocycles. The smallest absolute Gasteiger partial charge is 0.339 e. The summed E-state index contributed by atoms with van der Waals surface area (Å²) in [6, 6.07) is 2.12. The van der Waals surface area contributed by atoms with Gasteiger partial charge in [0.15, 0.2) is 0 Å². The molecule has 0 aliphatic rings. The average Bonchev–Trinajstić information content (AvgIpc) is 2.76. The summed E-state index contributed by atoms with van der Waals surface area (Å²) in [5, 5.41) is 15.8. The molecule has 0 atom stereocenters. The number of aromatic carboxylic acids is 1. The predicted octanol–water partition coefficient (Wildman–Crippen LogP) is 3.01. The predicted molar refractivity (Wildman–Crippen MR) is 69.9 cm³/mol. The fraction of sp³-hybridized carbons (Fsp3) is 0.286. The van der Waals surface area contributed by atoms with Crippen LogP contribution in [0.5, 0.6) is 0 Å². The number of carboxylic acids is 1. The molecule has 4 nitrogen and oxygen atoms in total. The molecule has 0 amide bonds. The molecule has 0 aliphatic carbocycles. The minimum absolute atomic E-state index is 0.214. The van der Waals surface area contributed by atoms with E-state index < -0.39 is 5.97 Å². The van der Waals surface area contributed by atoms with Gasteiger partial charge in [0, 0.05) is 5.56 Å². The van der Waals surface area contributed by atoms with Crippen LogP contribution >= 0.6 is 0 Å². The lowest BCUT2D eigenvalue weighted by molar-refractivity contribution is 0.0698. The van der Waals surface area contributed by atoms with E-state index in [1.165, 1.54) is 6.20 Å². The second-order valence-corrected chi connectivity index (χ2v) is 4.60. The number of hydrogen-bond donors (Lipinski definition) is 2. The van der Waals surface area contributed by atoms with E-state index in [4.69, 9.17) is 0 Å². The largest absolute Gasteiger partial charge is 0.478 e. The van der Waals surface area contributed by atoms with Gasteiger partial charge >= 0.3 is 5.97 Å². The monoisotopic (exact) mass is 244 g/mol. The van der Waals surface area contributed by atoms with Gasteiger partial charge in [0.1, 0.15) is 5.56 Å². The van der Waals surface area contributed by atoms with Crippen molar-refractivity contribution in [2.24, 2.45) is 0 Å².